The average Bonchev–Trinajstić information content (AvgIpc) is 2.15. The summed E-state index contributed by atoms with van der Waals surface area (Å²) in [6.07, 6.45) is 0. The lowest BCUT2D eigenvalue weighted by molar-refractivity contribution is 0.0802. The molecule has 70 valence electrons. The summed E-state index contributed by atoms with van der Waals surface area (Å²) in [4.78, 5) is 13.3. The van der Waals surface area contributed by atoms with Crippen molar-refractivity contribution in [2.45, 2.75) is 6.92 Å². The van der Waals surface area contributed by atoms with Crippen LogP contribution in [0.3, 0.4) is 0 Å². The zero-order chi connectivity index (χ0) is 9.84. The quantitative estimate of drug-likeness (QED) is 0.780. The van der Waals surface area contributed by atoms with E-state index in [1.807, 2.05) is 31.2 Å². The molecule has 1 rings (SSSR count). The Bertz CT molecular complexity index is 312. The number of hydrogen-bond donors (Lipinski definition) is 0. The zero-order valence-electron chi connectivity index (χ0n) is 7.75. The molecule has 0 unspecified atom stereocenters. The van der Waals surface area contributed by atoms with Crippen LogP contribution in [0.5, 0.6) is 0 Å². The van der Waals surface area contributed by atoms with Crippen molar-refractivity contribution in [3.05, 3.63) is 34.3 Å². The molecule has 0 N–H and O–H groups in total. The predicted molar refractivity (Wildman–Crippen MR) is 56.8 cm³/mol. The first-order chi connectivity index (χ1) is 6.15. The molecule has 1 aromatic rings. The SMILES string of the molecule is CCN(C)C(=O)c1cccc(Br)c1. The summed E-state index contributed by atoms with van der Waals surface area (Å²) in [7, 11) is 1.79. The maximum absolute atomic E-state index is 11.6. The molecule has 3 heteroatoms. The molecule has 2 nitrogen and oxygen atoms in total. The smallest absolute Gasteiger partial charge is 0.253 e. The third kappa shape index (κ3) is 2.56. The third-order valence-corrected chi connectivity index (χ3v) is 2.39. The van der Waals surface area contributed by atoms with E-state index in [9.17, 15) is 4.79 Å². The monoisotopic (exact) mass is 241 g/mol. The Labute approximate surface area is 86.7 Å². The molecule has 0 saturated carbocycles. The molecule has 0 aliphatic carbocycles. The van der Waals surface area contributed by atoms with Gasteiger partial charge in [0.2, 0.25) is 0 Å². The number of carbonyl (C=O) groups excluding carboxylic acids is 1. The van der Waals surface area contributed by atoms with Gasteiger partial charge < -0.3 is 4.90 Å². The molecule has 0 aromatic heterocycles. The third-order valence-electron chi connectivity index (χ3n) is 1.89. The maximum atomic E-state index is 11.6. The van der Waals surface area contributed by atoms with Gasteiger partial charge in [-0.2, -0.15) is 0 Å². The van der Waals surface area contributed by atoms with Gasteiger partial charge in [-0.3, -0.25) is 4.79 Å². The number of halogens is 1. The highest BCUT2D eigenvalue weighted by Gasteiger charge is 2.08. The number of hydrogen-bond acceptors (Lipinski definition) is 1. The fraction of sp³-hybridized carbons (Fsp3) is 0.300. The fourth-order valence-corrected chi connectivity index (χ4v) is 1.38. The first-order valence-electron chi connectivity index (χ1n) is 4.16. The summed E-state index contributed by atoms with van der Waals surface area (Å²) >= 11 is 3.33. The highest BCUT2D eigenvalue weighted by atomic mass is 79.9. The molecular weight excluding hydrogens is 230 g/mol. The maximum Gasteiger partial charge on any atom is 0.253 e. The summed E-state index contributed by atoms with van der Waals surface area (Å²) in [5.41, 5.74) is 0.721. The van der Waals surface area contributed by atoms with Crippen molar-refractivity contribution in [3.63, 3.8) is 0 Å². The van der Waals surface area contributed by atoms with Gasteiger partial charge >= 0.3 is 0 Å². The van der Waals surface area contributed by atoms with Crippen LogP contribution in [-0.2, 0) is 0 Å². The van der Waals surface area contributed by atoms with Gasteiger partial charge in [-0.15, -0.1) is 0 Å². The van der Waals surface area contributed by atoms with Crippen molar-refractivity contribution in [3.8, 4) is 0 Å². The van der Waals surface area contributed by atoms with Crippen molar-refractivity contribution in [2.75, 3.05) is 13.6 Å². The predicted octanol–water partition coefficient (Wildman–Crippen LogP) is 2.54. The minimum atomic E-state index is 0.0591. The van der Waals surface area contributed by atoms with Crippen molar-refractivity contribution >= 4 is 21.8 Å². The van der Waals surface area contributed by atoms with E-state index in [4.69, 9.17) is 0 Å². The molecule has 0 atom stereocenters. The molecule has 0 bridgehead atoms. The second-order valence-electron chi connectivity index (χ2n) is 2.83. The van der Waals surface area contributed by atoms with E-state index in [2.05, 4.69) is 15.9 Å². The molecule has 1 aromatic carbocycles. The van der Waals surface area contributed by atoms with E-state index >= 15 is 0 Å². The number of rotatable bonds is 2. The van der Waals surface area contributed by atoms with Crippen LogP contribution in [0.25, 0.3) is 0 Å². The second-order valence-corrected chi connectivity index (χ2v) is 3.75. The average molecular weight is 242 g/mol. The molecule has 0 heterocycles. The Morgan fingerprint density at radius 3 is 2.77 bits per heavy atom. The van der Waals surface area contributed by atoms with Crippen LogP contribution in [-0.4, -0.2) is 24.4 Å². The number of benzene rings is 1. The van der Waals surface area contributed by atoms with Crippen LogP contribution >= 0.6 is 15.9 Å². The summed E-state index contributed by atoms with van der Waals surface area (Å²) < 4.78 is 0.933. The van der Waals surface area contributed by atoms with Crippen molar-refractivity contribution < 1.29 is 4.79 Å². The molecule has 0 fully saturated rings. The summed E-state index contributed by atoms with van der Waals surface area (Å²) in [5.74, 6) is 0.0591. The lowest BCUT2D eigenvalue weighted by atomic mass is 10.2. The molecule has 0 saturated heterocycles. The fourth-order valence-electron chi connectivity index (χ4n) is 0.986. The van der Waals surface area contributed by atoms with Crippen LogP contribution in [0.2, 0.25) is 0 Å². The largest absolute Gasteiger partial charge is 0.342 e. The lowest BCUT2D eigenvalue weighted by Gasteiger charge is -2.14. The summed E-state index contributed by atoms with van der Waals surface area (Å²) in [5, 5.41) is 0. The van der Waals surface area contributed by atoms with E-state index in [1.165, 1.54) is 0 Å². The zero-order valence-corrected chi connectivity index (χ0v) is 9.34. The highest BCUT2D eigenvalue weighted by Crippen LogP contribution is 2.12. The topological polar surface area (TPSA) is 20.3 Å². The van der Waals surface area contributed by atoms with Gasteiger partial charge in [0.05, 0.1) is 0 Å². The highest BCUT2D eigenvalue weighted by molar-refractivity contribution is 9.10. The van der Waals surface area contributed by atoms with E-state index in [1.54, 1.807) is 11.9 Å². The van der Waals surface area contributed by atoms with Gasteiger partial charge in [0.15, 0.2) is 0 Å². The Morgan fingerprint density at radius 2 is 2.23 bits per heavy atom. The van der Waals surface area contributed by atoms with Gasteiger partial charge in [0.1, 0.15) is 0 Å². The standard InChI is InChI=1S/C10H12BrNO/c1-3-12(2)10(13)8-5-4-6-9(11)7-8/h4-7H,3H2,1-2H3. The Kier molecular flexibility index (Phi) is 3.48. The molecule has 0 spiro atoms. The molecule has 1 amide bonds. The Hall–Kier alpha value is -0.830. The minimum Gasteiger partial charge on any atom is -0.342 e. The molecule has 0 aliphatic rings. The van der Waals surface area contributed by atoms with Crippen LogP contribution in [0.4, 0.5) is 0 Å². The molecule has 0 aliphatic heterocycles. The number of nitrogens with zero attached hydrogens (tertiary/aromatic N) is 1. The van der Waals surface area contributed by atoms with Gasteiger partial charge in [-0.25, -0.2) is 0 Å². The van der Waals surface area contributed by atoms with E-state index < -0.39 is 0 Å². The van der Waals surface area contributed by atoms with Gasteiger partial charge in [-0.1, -0.05) is 22.0 Å². The van der Waals surface area contributed by atoms with E-state index in [0.29, 0.717) is 0 Å². The minimum absolute atomic E-state index is 0.0591. The van der Waals surface area contributed by atoms with Gasteiger partial charge in [-0.05, 0) is 25.1 Å². The number of carbonyl (C=O) groups is 1. The van der Waals surface area contributed by atoms with Crippen LogP contribution in [0.1, 0.15) is 17.3 Å². The molecule has 0 radical (unpaired) electrons. The Morgan fingerprint density at radius 1 is 1.54 bits per heavy atom. The van der Waals surface area contributed by atoms with Crippen LogP contribution < -0.4 is 0 Å². The van der Waals surface area contributed by atoms with Crippen molar-refractivity contribution in [1.29, 1.82) is 0 Å². The van der Waals surface area contributed by atoms with Gasteiger partial charge in [0, 0.05) is 23.6 Å². The Balaban J connectivity index is 2.89. The summed E-state index contributed by atoms with van der Waals surface area (Å²) in [6.45, 7) is 2.68. The molecule has 13 heavy (non-hydrogen) atoms. The van der Waals surface area contributed by atoms with Crippen molar-refractivity contribution in [2.24, 2.45) is 0 Å². The van der Waals surface area contributed by atoms with E-state index in [0.717, 1.165) is 16.6 Å². The number of amides is 1. The lowest BCUT2D eigenvalue weighted by Crippen LogP contribution is -2.26. The second kappa shape index (κ2) is 4.42. The van der Waals surface area contributed by atoms with Crippen molar-refractivity contribution in [1.82, 2.24) is 4.90 Å². The first-order valence-corrected chi connectivity index (χ1v) is 4.95. The normalized spacial score (nSPS) is 9.77. The first kappa shape index (κ1) is 10.3. The van der Waals surface area contributed by atoms with Crippen LogP contribution in [0.15, 0.2) is 28.7 Å². The van der Waals surface area contributed by atoms with Gasteiger partial charge in [0.25, 0.3) is 5.91 Å². The summed E-state index contributed by atoms with van der Waals surface area (Å²) in [6, 6.07) is 7.41. The van der Waals surface area contributed by atoms with E-state index in [-0.39, 0.29) is 5.91 Å². The van der Waals surface area contributed by atoms with Crippen LogP contribution in [0, 0.1) is 0 Å². The molecular formula is C10H12BrNO.